The van der Waals surface area contributed by atoms with Crippen LogP contribution >= 0.6 is 0 Å². The van der Waals surface area contributed by atoms with Gasteiger partial charge in [-0.3, -0.25) is 9.59 Å². The highest BCUT2D eigenvalue weighted by atomic mass is 16.5. The molecule has 0 bridgehead atoms. The normalized spacial score (nSPS) is 14.9. The number of nitrogens with one attached hydrogen (secondary N) is 2. The number of carbonyl (C=O) groups excluding carboxylic acids is 2. The third-order valence-electron chi connectivity index (χ3n) is 5.14. The first-order valence-electron chi connectivity index (χ1n) is 10.3. The molecule has 0 aromatic heterocycles. The smallest absolute Gasteiger partial charge is 0.291 e. The van der Waals surface area contributed by atoms with Gasteiger partial charge in [0.25, 0.3) is 11.8 Å². The Hall–Kier alpha value is -3.86. The molecule has 31 heavy (non-hydrogen) atoms. The second kappa shape index (κ2) is 9.30. The topological polar surface area (TPSA) is 67.4 Å². The Morgan fingerprint density at radius 1 is 1.00 bits per heavy atom. The minimum atomic E-state index is -0.298. The van der Waals surface area contributed by atoms with Crippen LogP contribution in [0.15, 0.2) is 84.6 Å². The van der Waals surface area contributed by atoms with Crippen LogP contribution < -0.4 is 15.4 Å². The third-order valence-corrected chi connectivity index (χ3v) is 5.14. The minimum absolute atomic E-state index is 0.0638. The van der Waals surface area contributed by atoms with Gasteiger partial charge in [-0.25, -0.2) is 0 Å². The van der Waals surface area contributed by atoms with Crippen LogP contribution in [0.3, 0.4) is 0 Å². The molecule has 1 heterocycles. The monoisotopic (exact) mass is 412 g/mol. The highest BCUT2D eigenvalue weighted by molar-refractivity contribution is 6.08. The van der Waals surface area contributed by atoms with Gasteiger partial charge in [0, 0.05) is 11.6 Å². The summed E-state index contributed by atoms with van der Waals surface area (Å²) < 4.78 is 5.71. The Balaban J connectivity index is 1.36. The molecule has 0 aliphatic carbocycles. The van der Waals surface area contributed by atoms with E-state index < -0.39 is 0 Å². The van der Waals surface area contributed by atoms with E-state index in [9.17, 15) is 9.59 Å². The Labute approximate surface area is 181 Å². The van der Waals surface area contributed by atoms with E-state index in [0.29, 0.717) is 17.0 Å². The maximum absolute atomic E-state index is 12.5. The molecule has 0 radical (unpaired) electrons. The van der Waals surface area contributed by atoms with E-state index >= 15 is 0 Å². The van der Waals surface area contributed by atoms with Crippen LogP contribution in [0.2, 0.25) is 0 Å². The van der Waals surface area contributed by atoms with Crippen LogP contribution in [0.25, 0.3) is 6.08 Å². The number of hydrogen-bond acceptors (Lipinski definition) is 3. The summed E-state index contributed by atoms with van der Waals surface area (Å²) in [5, 5.41) is 5.85. The predicted molar refractivity (Wildman–Crippen MR) is 122 cm³/mol. The van der Waals surface area contributed by atoms with E-state index in [0.717, 1.165) is 18.4 Å². The van der Waals surface area contributed by atoms with Crippen molar-refractivity contribution < 1.29 is 14.3 Å². The summed E-state index contributed by atoms with van der Waals surface area (Å²) in [7, 11) is 0. The van der Waals surface area contributed by atoms with Crippen molar-refractivity contribution in [1.82, 2.24) is 5.32 Å². The summed E-state index contributed by atoms with van der Waals surface area (Å²) >= 11 is 0. The first-order valence-corrected chi connectivity index (χ1v) is 10.3. The zero-order valence-corrected chi connectivity index (χ0v) is 17.3. The van der Waals surface area contributed by atoms with Crippen LogP contribution in [0.5, 0.6) is 5.75 Å². The van der Waals surface area contributed by atoms with Crippen LogP contribution in [-0.2, 0) is 11.2 Å². The van der Waals surface area contributed by atoms with Gasteiger partial charge in [-0.05, 0) is 61.2 Å². The minimum Gasteiger partial charge on any atom is -0.449 e. The molecule has 5 heteroatoms. The van der Waals surface area contributed by atoms with Crippen molar-refractivity contribution >= 4 is 23.6 Å². The summed E-state index contributed by atoms with van der Waals surface area (Å²) in [6, 6.07) is 24.7. The number of carbonyl (C=O) groups is 2. The molecule has 156 valence electrons. The second-order valence-corrected chi connectivity index (χ2v) is 7.58. The zero-order valence-electron chi connectivity index (χ0n) is 17.3. The Morgan fingerprint density at radius 3 is 2.48 bits per heavy atom. The van der Waals surface area contributed by atoms with Gasteiger partial charge >= 0.3 is 0 Å². The number of benzene rings is 3. The third kappa shape index (κ3) is 5.20. The fourth-order valence-corrected chi connectivity index (χ4v) is 3.39. The molecule has 0 spiro atoms. The number of rotatable bonds is 6. The largest absolute Gasteiger partial charge is 0.449 e. The van der Waals surface area contributed by atoms with Crippen LogP contribution in [0, 0.1) is 0 Å². The predicted octanol–water partition coefficient (Wildman–Crippen LogP) is 4.81. The first-order chi connectivity index (χ1) is 15.1. The number of para-hydroxylation sites is 2. The number of anilines is 1. The van der Waals surface area contributed by atoms with E-state index in [1.807, 2.05) is 37.3 Å². The molecule has 1 atom stereocenters. The van der Waals surface area contributed by atoms with Gasteiger partial charge in [0.15, 0.2) is 11.5 Å². The maximum atomic E-state index is 12.5. The van der Waals surface area contributed by atoms with Crippen molar-refractivity contribution in [3.05, 3.63) is 101 Å². The van der Waals surface area contributed by atoms with Gasteiger partial charge < -0.3 is 15.4 Å². The van der Waals surface area contributed by atoms with Crippen LogP contribution in [-0.4, -0.2) is 17.9 Å². The molecule has 1 aliphatic rings. The van der Waals surface area contributed by atoms with Gasteiger partial charge in [-0.15, -0.1) is 0 Å². The van der Waals surface area contributed by atoms with Crippen molar-refractivity contribution in [3.63, 3.8) is 0 Å². The Bertz CT molecular complexity index is 1110. The number of hydrogen-bond donors (Lipinski definition) is 2. The molecule has 4 rings (SSSR count). The van der Waals surface area contributed by atoms with Crippen molar-refractivity contribution in [2.75, 3.05) is 5.32 Å². The Morgan fingerprint density at radius 2 is 1.71 bits per heavy atom. The molecule has 3 aromatic carbocycles. The van der Waals surface area contributed by atoms with Gasteiger partial charge in [-0.1, -0.05) is 54.6 Å². The molecule has 5 nitrogen and oxygen atoms in total. The highest BCUT2D eigenvalue weighted by Gasteiger charge is 2.21. The molecule has 0 fully saturated rings. The molecule has 2 N–H and O–H groups in total. The van der Waals surface area contributed by atoms with E-state index in [-0.39, 0.29) is 23.6 Å². The van der Waals surface area contributed by atoms with Crippen LogP contribution in [0.1, 0.15) is 34.8 Å². The standard InChI is InChI=1S/C26H24N2O3/c1-18(11-12-19-7-3-2-4-8-19)27-25(29)21-15-13-20(14-16-21)17-24-26(30)28-22-9-5-6-10-23(22)31-24/h2-10,13-18H,11-12H2,1H3,(H,27,29)(H,28,30)/b24-17-/t18-/m1/s1. The lowest BCUT2D eigenvalue weighted by Gasteiger charge is -2.19. The van der Waals surface area contributed by atoms with Gasteiger partial charge in [0.2, 0.25) is 0 Å². The lowest BCUT2D eigenvalue weighted by Crippen LogP contribution is -2.32. The number of aryl methyl sites for hydroxylation is 1. The van der Waals surface area contributed by atoms with Crippen molar-refractivity contribution in [3.8, 4) is 5.75 Å². The Kier molecular flexibility index (Phi) is 6.13. The van der Waals surface area contributed by atoms with Gasteiger partial charge in [-0.2, -0.15) is 0 Å². The van der Waals surface area contributed by atoms with Crippen molar-refractivity contribution in [2.24, 2.45) is 0 Å². The van der Waals surface area contributed by atoms with E-state index in [1.54, 1.807) is 42.5 Å². The van der Waals surface area contributed by atoms with E-state index in [2.05, 4.69) is 22.8 Å². The molecule has 0 unspecified atom stereocenters. The van der Waals surface area contributed by atoms with Crippen molar-refractivity contribution in [2.45, 2.75) is 25.8 Å². The molecule has 2 amide bonds. The van der Waals surface area contributed by atoms with E-state index in [4.69, 9.17) is 4.74 Å². The van der Waals surface area contributed by atoms with Gasteiger partial charge in [0.1, 0.15) is 0 Å². The summed E-state index contributed by atoms with van der Waals surface area (Å²) in [5.74, 6) is 0.410. The highest BCUT2D eigenvalue weighted by Crippen LogP contribution is 2.30. The van der Waals surface area contributed by atoms with Gasteiger partial charge in [0.05, 0.1) is 5.69 Å². The lowest BCUT2D eigenvalue weighted by molar-refractivity contribution is -0.115. The zero-order chi connectivity index (χ0) is 21.6. The SMILES string of the molecule is C[C@H](CCc1ccccc1)NC(=O)c1ccc(/C=C2\Oc3ccccc3NC2=O)cc1. The number of amides is 2. The summed E-state index contributed by atoms with van der Waals surface area (Å²) in [5.41, 5.74) is 3.27. The average molecular weight is 412 g/mol. The molecule has 0 saturated carbocycles. The summed E-state index contributed by atoms with van der Waals surface area (Å²) in [6.45, 7) is 2.01. The summed E-state index contributed by atoms with van der Waals surface area (Å²) in [6.07, 6.45) is 3.45. The average Bonchev–Trinajstić information content (AvgIpc) is 2.79. The molecular weight excluding hydrogens is 388 g/mol. The first kappa shape index (κ1) is 20.4. The van der Waals surface area contributed by atoms with E-state index in [1.165, 1.54) is 5.56 Å². The lowest BCUT2D eigenvalue weighted by atomic mass is 10.1. The fraction of sp³-hybridized carbons (Fsp3) is 0.154. The van der Waals surface area contributed by atoms with Crippen LogP contribution in [0.4, 0.5) is 5.69 Å². The quantitative estimate of drug-likeness (QED) is 0.571. The van der Waals surface area contributed by atoms with Crippen molar-refractivity contribution in [1.29, 1.82) is 0 Å². The molecule has 0 saturated heterocycles. The molecule has 3 aromatic rings. The molecule has 1 aliphatic heterocycles. The number of ether oxygens (including phenoxy) is 1. The number of fused-ring (bicyclic) bond motifs is 1. The molecular formula is C26H24N2O3. The maximum Gasteiger partial charge on any atom is 0.291 e. The summed E-state index contributed by atoms with van der Waals surface area (Å²) in [4.78, 5) is 24.8. The fourth-order valence-electron chi connectivity index (χ4n) is 3.39. The second-order valence-electron chi connectivity index (χ2n) is 7.58.